The lowest BCUT2D eigenvalue weighted by Crippen LogP contribution is -2.30. The number of nitrogens with zero attached hydrogens (tertiary/aromatic N) is 1. The van der Waals surface area contributed by atoms with Crippen molar-refractivity contribution in [2.24, 2.45) is 5.92 Å². The van der Waals surface area contributed by atoms with E-state index in [4.69, 9.17) is 0 Å². The Labute approximate surface area is 89.5 Å². The molecule has 0 aromatic carbocycles. The monoisotopic (exact) mass is 208 g/mol. The molecular weight excluding hydrogens is 192 g/mol. The first-order valence-corrected chi connectivity index (χ1v) is 6.18. The summed E-state index contributed by atoms with van der Waals surface area (Å²) in [6.07, 6.45) is 4.56. The summed E-state index contributed by atoms with van der Waals surface area (Å²) in [5.74, 6) is 2.03. The molecular formula is C11H16N2S. The van der Waals surface area contributed by atoms with Crippen LogP contribution >= 0.6 is 11.8 Å². The predicted molar refractivity (Wildman–Crippen MR) is 60.6 cm³/mol. The molecule has 0 spiro atoms. The summed E-state index contributed by atoms with van der Waals surface area (Å²) in [6, 6.07) is 6.10. The van der Waals surface area contributed by atoms with Crippen LogP contribution in [0.5, 0.6) is 0 Å². The highest BCUT2D eigenvalue weighted by Gasteiger charge is 2.12. The molecule has 0 radical (unpaired) electrons. The van der Waals surface area contributed by atoms with Crippen LogP contribution in [0.15, 0.2) is 29.4 Å². The van der Waals surface area contributed by atoms with Gasteiger partial charge in [0.2, 0.25) is 0 Å². The van der Waals surface area contributed by atoms with E-state index in [1.165, 1.54) is 31.7 Å². The van der Waals surface area contributed by atoms with E-state index in [0.29, 0.717) is 0 Å². The average molecular weight is 208 g/mol. The molecule has 0 unspecified atom stereocenters. The van der Waals surface area contributed by atoms with E-state index in [9.17, 15) is 0 Å². The third kappa shape index (κ3) is 3.00. The van der Waals surface area contributed by atoms with Gasteiger partial charge in [0, 0.05) is 11.9 Å². The lowest BCUT2D eigenvalue weighted by atomic mass is 10.0. The highest BCUT2D eigenvalue weighted by Crippen LogP contribution is 2.21. The number of thioether (sulfide) groups is 1. The molecule has 0 saturated carbocycles. The molecule has 1 N–H and O–H groups in total. The number of nitrogens with one attached hydrogen (secondary N) is 1. The number of aromatic nitrogens is 1. The Bertz CT molecular complexity index is 257. The maximum absolute atomic E-state index is 4.31. The van der Waals surface area contributed by atoms with Crippen LogP contribution in [0.3, 0.4) is 0 Å². The molecule has 2 heterocycles. The summed E-state index contributed by atoms with van der Waals surface area (Å²) in [5, 5.41) is 4.59. The van der Waals surface area contributed by atoms with Gasteiger partial charge in [0.1, 0.15) is 0 Å². The van der Waals surface area contributed by atoms with Gasteiger partial charge in [-0.3, -0.25) is 0 Å². The lowest BCUT2D eigenvalue weighted by Gasteiger charge is -2.21. The van der Waals surface area contributed by atoms with Gasteiger partial charge in [-0.05, 0) is 44.0 Å². The number of hydrogen-bond donors (Lipinski definition) is 1. The van der Waals surface area contributed by atoms with E-state index in [0.717, 1.165) is 10.9 Å². The van der Waals surface area contributed by atoms with E-state index >= 15 is 0 Å². The van der Waals surface area contributed by atoms with Gasteiger partial charge in [0.15, 0.2) is 0 Å². The predicted octanol–water partition coefficient (Wildman–Crippen LogP) is 2.17. The normalized spacial score (nSPS) is 22.1. The molecule has 2 rings (SSSR count). The van der Waals surface area contributed by atoms with Gasteiger partial charge in [-0.25, -0.2) is 4.98 Å². The smallest absolute Gasteiger partial charge is 0.0959 e. The third-order valence-electron chi connectivity index (χ3n) is 2.50. The van der Waals surface area contributed by atoms with E-state index in [1.54, 1.807) is 0 Å². The molecule has 2 nitrogen and oxygen atoms in total. The Morgan fingerprint density at radius 3 is 3.21 bits per heavy atom. The summed E-state index contributed by atoms with van der Waals surface area (Å²) >= 11 is 1.88. The number of hydrogen-bond acceptors (Lipinski definition) is 3. The molecule has 0 bridgehead atoms. The third-order valence-corrected chi connectivity index (χ3v) is 3.68. The Morgan fingerprint density at radius 2 is 2.50 bits per heavy atom. The van der Waals surface area contributed by atoms with Crippen LogP contribution in [0.4, 0.5) is 0 Å². The van der Waals surface area contributed by atoms with E-state index in [-0.39, 0.29) is 0 Å². The summed E-state index contributed by atoms with van der Waals surface area (Å²) in [7, 11) is 0. The quantitative estimate of drug-likeness (QED) is 0.771. The van der Waals surface area contributed by atoms with Crippen LogP contribution in [0.1, 0.15) is 12.8 Å². The second kappa shape index (κ2) is 5.37. The minimum atomic E-state index is 0.829. The number of rotatable bonds is 3. The first-order chi connectivity index (χ1) is 6.95. The van der Waals surface area contributed by atoms with Crippen LogP contribution in [-0.2, 0) is 0 Å². The maximum Gasteiger partial charge on any atom is 0.0959 e. The van der Waals surface area contributed by atoms with Crippen LogP contribution in [-0.4, -0.2) is 23.8 Å². The molecule has 1 aliphatic heterocycles. The summed E-state index contributed by atoms with van der Waals surface area (Å²) < 4.78 is 0. The van der Waals surface area contributed by atoms with Gasteiger partial charge in [0.05, 0.1) is 5.03 Å². The van der Waals surface area contributed by atoms with Crippen molar-refractivity contribution in [2.75, 3.05) is 18.8 Å². The maximum atomic E-state index is 4.31. The van der Waals surface area contributed by atoms with Crippen LogP contribution < -0.4 is 5.32 Å². The number of pyridine rings is 1. The Kier molecular flexibility index (Phi) is 3.83. The molecule has 3 heteroatoms. The fraction of sp³-hybridized carbons (Fsp3) is 0.545. The molecule has 1 aromatic heterocycles. The lowest BCUT2D eigenvalue weighted by molar-refractivity contribution is 0.410. The minimum absolute atomic E-state index is 0.829. The fourth-order valence-corrected chi connectivity index (χ4v) is 2.70. The average Bonchev–Trinajstić information content (AvgIpc) is 2.29. The highest BCUT2D eigenvalue weighted by molar-refractivity contribution is 7.99. The zero-order chi connectivity index (χ0) is 9.64. The van der Waals surface area contributed by atoms with E-state index < -0.39 is 0 Å². The Morgan fingerprint density at radius 1 is 1.50 bits per heavy atom. The van der Waals surface area contributed by atoms with Crippen LogP contribution in [0.25, 0.3) is 0 Å². The summed E-state index contributed by atoms with van der Waals surface area (Å²) in [4.78, 5) is 4.31. The van der Waals surface area contributed by atoms with Crippen molar-refractivity contribution in [2.45, 2.75) is 17.9 Å². The van der Waals surface area contributed by atoms with Crippen molar-refractivity contribution >= 4 is 11.8 Å². The molecule has 1 aliphatic rings. The molecule has 1 saturated heterocycles. The van der Waals surface area contributed by atoms with Crippen molar-refractivity contribution in [1.82, 2.24) is 10.3 Å². The second-order valence-corrected chi connectivity index (χ2v) is 4.73. The Hall–Kier alpha value is -0.540. The molecule has 14 heavy (non-hydrogen) atoms. The molecule has 76 valence electrons. The van der Waals surface area contributed by atoms with E-state index in [2.05, 4.69) is 22.4 Å². The Balaban J connectivity index is 1.76. The van der Waals surface area contributed by atoms with Crippen LogP contribution in [0.2, 0.25) is 0 Å². The van der Waals surface area contributed by atoms with Crippen molar-refractivity contribution in [3.05, 3.63) is 24.4 Å². The minimum Gasteiger partial charge on any atom is -0.316 e. The fourth-order valence-electron chi connectivity index (χ4n) is 1.70. The van der Waals surface area contributed by atoms with Crippen molar-refractivity contribution in [3.8, 4) is 0 Å². The zero-order valence-electron chi connectivity index (χ0n) is 8.28. The van der Waals surface area contributed by atoms with Gasteiger partial charge in [-0.15, -0.1) is 11.8 Å². The van der Waals surface area contributed by atoms with Crippen molar-refractivity contribution in [1.29, 1.82) is 0 Å². The highest BCUT2D eigenvalue weighted by atomic mass is 32.2. The van der Waals surface area contributed by atoms with Gasteiger partial charge in [-0.1, -0.05) is 6.07 Å². The molecule has 1 aromatic rings. The summed E-state index contributed by atoms with van der Waals surface area (Å²) in [5.41, 5.74) is 0. The van der Waals surface area contributed by atoms with Crippen LogP contribution in [0, 0.1) is 5.92 Å². The largest absolute Gasteiger partial charge is 0.316 e. The van der Waals surface area contributed by atoms with Crippen molar-refractivity contribution < 1.29 is 0 Å². The van der Waals surface area contributed by atoms with Gasteiger partial charge < -0.3 is 5.32 Å². The number of piperidine rings is 1. The summed E-state index contributed by atoms with van der Waals surface area (Å²) in [6.45, 7) is 2.38. The van der Waals surface area contributed by atoms with Gasteiger partial charge in [0.25, 0.3) is 0 Å². The second-order valence-electron chi connectivity index (χ2n) is 3.69. The first-order valence-electron chi connectivity index (χ1n) is 5.20. The molecule has 0 aliphatic carbocycles. The van der Waals surface area contributed by atoms with Gasteiger partial charge >= 0.3 is 0 Å². The standard InChI is InChI=1S/C11H16N2S/c1-2-7-13-11(5-1)14-9-10-4-3-6-12-8-10/h1-2,5,7,10,12H,3-4,6,8-9H2/t10-/m1/s1. The van der Waals surface area contributed by atoms with Crippen molar-refractivity contribution in [3.63, 3.8) is 0 Å². The topological polar surface area (TPSA) is 24.9 Å². The molecule has 0 amide bonds. The molecule has 1 atom stereocenters. The van der Waals surface area contributed by atoms with Gasteiger partial charge in [-0.2, -0.15) is 0 Å². The first kappa shape index (κ1) is 9.99. The SMILES string of the molecule is c1ccc(SC[C@@H]2CCCNC2)nc1. The zero-order valence-corrected chi connectivity index (χ0v) is 9.09. The van der Waals surface area contributed by atoms with E-state index in [1.807, 2.05) is 24.0 Å². The molecule has 1 fully saturated rings.